The molecule has 1 aliphatic heterocycles. The van der Waals surface area contributed by atoms with E-state index < -0.39 is 27.9 Å². The quantitative estimate of drug-likeness (QED) is 0.373. The molecule has 1 aliphatic rings. The number of ether oxygens (including phenoxy) is 1. The number of para-hydroxylation sites is 1. The number of benzene rings is 2. The zero-order valence-corrected chi connectivity index (χ0v) is 19.4. The Morgan fingerprint density at radius 2 is 1.91 bits per heavy atom. The number of carbonyl (C=O) groups is 2. The van der Waals surface area contributed by atoms with Crippen molar-refractivity contribution in [3.8, 4) is 0 Å². The average Bonchev–Trinajstić information content (AvgIpc) is 3.48. The minimum Gasteiger partial charge on any atom is -0.461 e. The molecule has 0 aliphatic carbocycles. The Kier molecular flexibility index (Phi) is 6.75. The molecule has 0 saturated heterocycles. The van der Waals surface area contributed by atoms with Gasteiger partial charge >= 0.3 is 5.97 Å². The van der Waals surface area contributed by atoms with Crippen molar-refractivity contribution < 1.29 is 22.7 Å². The molecular weight excluding hydrogens is 480 g/mol. The van der Waals surface area contributed by atoms with Crippen LogP contribution in [-0.2, 0) is 24.3 Å². The third kappa shape index (κ3) is 5.00. The largest absolute Gasteiger partial charge is 0.461 e. The maximum atomic E-state index is 12.9. The fourth-order valence-corrected chi connectivity index (χ4v) is 4.81. The number of carbonyl (C=O) groups excluding carboxylic acids is 2. The molecule has 2 aromatic carbocycles. The van der Waals surface area contributed by atoms with Crippen LogP contribution < -0.4 is 9.73 Å². The SMILES string of the molecule is CCOC(=O)C1=NN(c2ccccc2)C(=O)[C@@H]1N=Nc1ccc(NS(=O)(=O)c2nccs2)cc1. The van der Waals surface area contributed by atoms with Crippen LogP contribution in [-0.4, -0.2) is 43.6 Å². The summed E-state index contributed by atoms with van der Waals surface area (Å²) in [7, 11) is -3.78. The van der Waals surface area contributed by atoms with Gasteiger partial charge in [-0.1, -0.05) is 18.2 Å². The van der Waals surface area contributed by atoms with Gasteiger partial charge in [-0.05, 0) is 43.3 Å². The summed E-state index contributed by atoms with van der Waals surface area (Å²) in [6.45, 7) is 1.75. The summed E-state index contributed by atoms with van der Waals surface area (Å²) in [6.07, 6.45) is 1.40. The van der Waals surface area contributed by atoms with E-state index in [-0.39, 0.29) is 16.7 Å². The lowest BCUT2D eigenvalue weighted by Gasteiger charge is -2.11. The van der Waals surface area contributed by atoms with E-state index in [9.17, 15) is 18.0 Å². The standard InChI is InChI=1S/C21H18N6O5S2/c1-2-32-20(29)18-17(19(28)27(25-18)16-6-4-3-5-7-16)24-23-14-8-10-15(11-9-14)26-34(30,31)21-22-12-13-33-21/h3-13,17,26H,2H2,1H3/t17-/m1/s1. The van der Waals surface area contributed by atoms with Gasteiger partial charge in [0, 0.05) is 17.3 Å². The van der Waals surface area contributed by atoms with E-state index in [2.05, 4.69) is 25.0 Å². The molecular formula is C21H18N6O5S2. The summed E-state index contributed by atoms with van der Waals surface area (Å²) < 4.78 is 31.9. The Bertz CT molecular complexity index is 1340. The number of hydrogen-bond donors (Lipinski definition) is 1. The van der Waals surface area contributed by atoms with Crippen molar-refractivity contribution in [1.82, 2.24) is 4.98 Å². The average molecular weight is 499 g/mol. The highest BCUT2D eigenvalue weighted by Crippen LogP contribution is 2.25. The second-order valence-electron chi connectivity index (χ2n) is 6.76. The van der Waals surface area contributed by atoms with E-state index in [0.29, 0.717) is 17.1 Å². The van der Waals surface area contributed by atoms with E-state index in [4.69, 9.17) is 4.74 Å². The number of anilines is 2. The van der Waals surface area contributed by atoms with Crippen molar-refractivity contribution >= 4 is 56.0 Å². The maximum absolute atomic E-state index is 12.9. The number of esters is 1. The van der Waals surface area contributed by atoms with E-state index in [1.807, 2.05) is 0 Å². The summed E-state index contributed by atoms with van der Waals surface area (Å²) >= 11 is 0.999. The maximum Gasteiger partial charge on any atom is 0.357 e. The number of aromatic nitrogens is 1. The van der Waals surface area contributed by atoms with E-state index in [1.54, 1.807) is 42.6 Å². The molecule has 1 N–H and O–H groups in total. The molecule has 174 valence electrons. The number of thiazole rings is 1. The van der Waals surface area contributed by atoms with Crippen LogP contribution in [0.2, 0.25) is 0 Å². The van der Waals surface area contributed by atoms with Crippen molar-refractivity contribution in [2.45, 2.75) is 17.3 Å². The molecule has 1 amide bonds. The molecule has 0 unspecified atom stereocenters. The van der Waals surface area contributed by atoms with Gasteiger partial charge in [0.1, 0.15) is 0 Å². The molecule has 13 heteroatoms. The smallest absolute Gasteiger partial charge is 0.357 e. The van der Waals surface area contributed by atoms with E-state index >= 15 is 0 Å². The van der Waals surface area contributed by atoms with Crippen molar-refractivity contribution in [3.63, 3.8) is 0 Å². The Balaban J connectivity index is 1.52. The van der Waals surface area contributed by atoms with Crippen LogP contribution in [0.25, 0.3) is 0 Å². The first kappa shape index (κ1) is 23.2. The van der Waals surface area contributed by atoms with E-state index in [0.717, 1.165) is 16.3 Å². The molecule has 0 fully saturated rings. The van der Waals surface area contributed by atoms with E-state index in [1.165, 1.54) is 30.5 Å². The molecule has 0 radical (unpaired) electrons. The van der Waals surface area contributed by atoms with Gasteiger partial charge in [-0.25, -0.2) is 9.78 Å². The van der Waals surface area contributed by atoms with Crippen LogP contribution >= 0.6 is 11.3 Å². The van der Waals surface area contributed by atoms with Crippen LogP contribution in [0, 0.1) is 0 Å². The lowest BCUT2D eigenvalue weighted by Crippen LogP contribution is -2.33. The van der Waals surface area contributed by atoms with Gasteiger partial charge in [0.25, 0.3) is 15.9 Å². The summed E-state index contributed by atoms with van der Waals surface area (Å²) in [4.78, 5) is 29.1. The number of azo groups is 1. The van der Waals surface area contributed by atoms with Crippen molar-refractivity contribution in [2.75, 3.05) is 16.3 Å². The number of hydrazone groups is 1. The van der Waals surface area contributed by atoms with Gasteiger partial charge in [-0.3, -0.25) is 9.52 Å². The van der Waals surface area contributed by atoms with Crippen LogP contribution in [0.4, 0.5) is 17.1 Å². The number of hydrogen-bond acceptors (Lipinski definition) is 10. The highest BCUT2D eigenvalue weighted by atomic mass is 32.2. The monoisotopic (exact) mass is 498 g/mol. The summed E-state index contributed by atoms with van der Waals surface area (Å²) in [5.74, 6) is -1.31. The first-order valence-corrected chi connectivity index (χ1v) is 12.3. The fourth-order valence-electron chi connectivity index (χ4n) is 2.92. The molecule has 0 saturated carbocycles. The van der Waals surface area contributed by atoms with Gasteiger partial charge in [-0.15, -0.1) is 11.3 Å². The molecule has 11 nitrogen and oxygen atoms in total. The fraction of sp³-hybridized carbons (Fsp3) is 0.143. The third-order valence-electron chi connectivity index (χ3n) is 4.44. The predicted molar refractivity (Wildman–Crippen MR) is 126 cm³/mol. The van der Waals surface area contributed by atoms with Crippen LogP contribution in [0.5, 0.6) is 0 Å². The molecule has 0 spiro atoms. The zero-order chi connectivity index (χ0) is 24.1. The lowest BCUT2D eigenvalue weighted by atomic mass is 10.2. The van der Waals surface area contributed by atoms with Crippen molar-refractivity contribution in [3.05, 3.63) is 66.2 Å². The van der Waals surface area contributed by atoms with Gasteiger partial charge in [0.2, 0.25) is 10.4 Å². The number of rotatable bonds is 8. The number of sulfonamides is 1. The normalized spacial score (nSPS) is 16.0. The molecule has 34 heavy (non-hydrogen) atoms. The van der Waals surface area contributed by atoms with Gasteiger partial charge in [0.05, 0.1) is 18.0 Å². The second kappa shape index (κ2) is 9.89. The minimum atomic E-state index is -3.78. The second-order valence-corrected chi connectivity index (χ2v) is 9.51. The summed E-state index contributed by atoms with van der Waals surface area (Å²) in [5.41, 5.74) is 0.942. The minimum absolute atomic E-state index is 0.0511. The first-order chi connectivity index (χ1) is 16.4. The van der Waals surface area contributed by atoms with Crippen LogP contribution in [0.3, 0.4) is 0 Å². The number of nitrogens with zero attached hydrogens (tertiary/aromatic N) is 5. The molecule has 1 aromatic heterocycles. The molecule has 2 heterocycles. The predicted octanol–water partition coefficient (Wildman–Crippen LogP) is 3.36. The van der Waals surface area contributed by atoms with Gasteiger partial charge < -0.3 is 4.74 Å². The highest BCUT2D eigenvalue weighted by molar-refractivity contribution is 7.94. The summed E-state index contributed by atoms with van der Waals surface area (Å²) in [6, 6.07) is 13.4. The molecule has 1 atom stereocenters. The number of amides is 1. The third-order valence-corrected chi connectivity index (χ3v) is 7.02. The molecule has 4 rings (SSSR count). The summed E-state index contributed by atoms with van der Waals surface area (Å²) in [5, 5.41) is 14.9. The van der Waals surface area contributed by atoms with Crippen molar-refractivity contribution in [2.24, 2.45) is 15.3 Å². The Labute approximate surface area is 198 Å². The van der Waals surface area contributed by atoms with Crippen LogP contribution in [0.1, 0.15) is 6.92 Å². The molecule has 3 aromatic rings. The van der Waals surface area contributed by atoms with Gasteiger partial charge in [-0.2, -0.15) is 28.8 Å². The highest BCUT2D eigenvalue weighted by Gasteiger charge is 2.41. The van der Waals surface area contributed by atoms with Crippen molar-refractivity contribution in [1.29, 1.82) is 0 Å². The first-order valence-electron chi connectivity index (χ1n) is 9.97. The molecule has 0 bridgehead atoms. The Morgan fingerprint density at radius 3 is 2.56 bits per heavy atom. The zero-order valence-electron chi connectivity index (χ0n) is 17.7. The number of nitrogens with one attached hydrogen (secondary N) is 1. The van der Waals surface area contributed by atoms with Gasteiger partial charge in [0.15, 0.2) is 5.71 Å². The topological polar surface area (TPSA) is 143 Å². The van der Waals surface area contributed by atoms with Crippen LogP contribution in [0.15, 0.2) is 85.8 Å². The Morgan fingerprint density at radius 1 is 1.18 bits per heavy atom. The lowest BCUT2D eigenvalue weighted by molar-refractivity contribution is -0.135. The Hall–Kier alpha value is -3.97.